The van der Waals surface area contributed by atoms with Gasteiger partial charge in [-0.25, -0.2) is 0 Å². The van der Waals surface area contributed by atoms with Gasteiger partial charge in [-0.3, -0.25) is 4.98 Å². The predicted molar refractivity (Wildman–Crippen MR) is 244 cm³/mol. The Bertz CT molecular complexity index is 3580. The number of furan rings is 1. The Labute approximate surface area is 336 Å². The average Bonchev–Trinajstić information content (AvgIpc) is 4.04. The lowest BCUT2D eigenvalue weighted by Crippen LogP contribution is -1.95. The van der Waals surface area contributed by atoms with Crippen LogP contribution in [0.4, 0.5) is 0 Å². The molecule has 0 aliphatic heterocycles. The van der Waals surface area contributed by atoms with Gasteiger partial charge < -0.3 is 13.6 Å². The normalized spacial score (nSPS) is 12.1. The summed E-state index contributed by atoms with van der Waals surface area (Å²) in [6.45, 7) is 0. The first kappa shape index (κ1) is 31.7. The van der Waals surface area contributed by atoms with Crippen LogP contribution in [0.3, 0.4) is 0 Å². The first-order chi connectivity index (χ1) is 28.8. The Hall–Kier alpha value is -7.47. The van der Waals surface area contributed by atoms with Crippen LogP contribution in [-0.2, 0) is 0 Å². The van der Waals surface area contributed by atoms with Gasteiger partial charge in [0.1, 0.15) is 11.2 Å². The quantitative estimate of drug-likeness (QED) is 0.179. The summed E-state index contributed by atoms with van der Waals surface area (Å²) in [5, 5.41) is 9.81. The van der Waals surface area contributed by atoms with Gasteiger partial charge in [0.15, 0.2) is 0 Å². The van der Waals surface area contributed by atoms with Crippen molar-refractivity contribution in [3.05, 3.63) is 188 Å². The second-order valence-electron chi connectivity index (χ2n) is 15.1. The van der Waals surface area contributed by atoms with Gasteiger partial charge in [-0.15, -0.1) is 11.3 Å². The van der Waals surface area contributed by atoms with Crippen molar-refractivity contribution in [1.29, 1.82) is 0 Å². The number of fused-ring (bicyclic) bond motifs is 14. The summed E-state index contributed by atoms with van der Waals surface area (Å²) in [6, 6.07) is 63.5. The van der Waals surface area contributed by atoms with Crippen molar-refractivity contribution >= 4 is 97.1 Å². The van der Waals surface area contributed by atoms with E-state index in [1.807, 2.05) is 29.8 Å². The molecule has 5 heteroatoms. The third-order valence-electron chi connectivity index (χ3n) is 12.0. The van der Waals surface area contributed by atoms with Crippen LogP contribution in [-0.4, -0.2) is 14.1 Å². The Morgan fingerprint density at radius 2 is 0.966 bits per heavy atom. The standard InChI is InChI=1S/C53H31N3OS/c1-5-19-44-42(17-1)50-46(25-23-40-38-15-3-7-21-48(38)57-52(40)50)55(44)36-13-9-11-32(28-36)34-27-35(31-54-30-34)33-12-10-14-37(29-33)56-45-20-6-2-18-43(45)51-47(56)26-24-41-39-16-4-8-22-49(39)58-53(41)51/h1-31H. The van der Waals surface area contributed by atoms with Gasteiger partial charge in [-0.2, -0.15) is 0 Å². The summed E-state index contributed by atoms with van der Waals surface area (Å²) in [4.78, 5) is 4.81. The van der Waals surface area contributed by atoms with Gasteiger partial charge in [-0.1, -0.05) is 103 Å². The largest absolute Gasteiger partial charge is 0.455 e. The maximum Gasteiger partial charge on any atom is 0.145 e. The molecule has 0 fully saturated rings. The number of hydrogen-bond donors (Lipinski definition) is 0. The number of rotatable bonds is 4. The maximum absolute atomic E-state index is 6.55. The predicted octanol–water partition coefficient (Wildman–Crippen LogP) is 14.9. The molecule has 0 N–H and O–H groups in total. The van der Waals surface area contributed by atoms with Gasteiger partial charge in [0.25, 0.3) is 0 Å². The fourth-order valence-corrected chi connectivity index (χ4v) is 10.7. The molecule has 5 aromatic heterocycles. The van der Waals surface area contributed by atoms with E-state index in [0.717, 1.165) is 72.0 Å². The van der Waals surface area contributed by atoms with E-state index in [2.05, 4.69) is 179 Å². The minimum atomic E-state index is 0.908. The van der Waals surface area contributed by atoms with Crippen LogP contribution in [0.5, 0.6) is 0 Å². The van der Waals surface area contributed by atoms with Crippen LogP contribution in [0.15, 0.2) is 193 Å². The number of hydrogen-bond acceptors (Lipinski definition) is 3. The van der Waals surface area contributed by atoms with Crippen molar-refractivity contribution in [2.24, 2.45) is 0 Å². The van der Waals surface area contributed by atoms with Gasteiger partial charge in [0.2, 0.25) is 0 Å². The zero-order chi connectivity index (χ0) is 37.9. The number of benzene rings is 8. The van der Waals surface area contributed by atoms with E-state index in [9.17, 15) is 0 Å². The van der Waals surface area contributed by atoms with Crippen LogP contribution in [0, 0.1) is 0 Å². The highest BCUT2D eigenvalue weighted by molar-refractivity contribution is 7.26. The van der Waals surface area contributed by atoms with Crippen molar-refractivity contribution in [1.82, 2.24) is 14.1 Å². The van der Waals surface area contributed by atoms with Gasteiger partial charge in [0, 0.05) is 82.0 Å². The molecule has 13 aromatic rings. The maximum atomic E-state index is 6.55. The molecule has 58 heavy (non-hydrogen) atoms. The van der Waals surface area contributed by atoms with E-state index in [4.69, 9.17) is 9.40 Å². The van der Waals surface area contributed by atoms with Crippen LogP contribution >= 0.6 is 11.3 Å². The van der Waals surface area contributed by atoms with E-state index in [-0.39, 0.29) is 0 Å². The SMILES string of the molecule is c1cc(-c2cncc(-c3cccc(-n4c5ccccc5c5c6sc7ccccc7c6ccc54)c3)c2)cc(-n2c3ccccc3c3c4oc5ccccc5c4ccc32)c1. The van der Waals surface area contributed by atoms with Crippen molar-refractivity contribution in [3.63, 3.8) is 0 Å². The minimum Gasteiger partial charge on any atom is -0.455 e. The van der Waals surface area contributed by atoms with Crippen LogP contribution < -0.4 is 0 Å². The smallest absolute Gasteiger partial charge is 0.145 e. The molecule has 8 aromatic carbocycles. The fourth-order valence-electron chi connectivity index (χ4n) is 9.43. The second kappa shape index (κ2) is 12.0. The molecule has 4 nitrogen and oxygen atoms in total. The highest BCUT2D eigenvalue weighted by Gasteiger charge is 2.20. The Balaban J connectivity index is 0.933. The molecule has 5 heterocycles. The molecule has 270 valence electrons. The first-order valence-corrected chi connectivity index (χ1v) is 20.4. The zero-order valence-corrected chi connectivity index (χ0v) is 31.9. The topological polar surface area (TPSA) is 35.9 Å². The van der Waals surface area contributed by atoms with E-state index < -0.39 is 0 Å². The van der Waals surface area contributed by atoms with E-state index in [1.165, 1.54) is 47.4 Å². The highest BCUT2D eigenvalue weighted by atomic mass is 32.1. The summed E-state index contributed by atoms with van der Waals surface area (Å²) in [7, 11) is 0. The molecule has 0 amide bonds. The minimum absolute atomic E-state index is 0.908. The third kappa shape index (κ3) is 4.47. The van der Waals surface area contributed by atoms with Gasteiger partial charge >= 0.3 is 0 Å². The molecule has 0 saturated carbocycles. The first-order valence-electron chi connectivity index (χ1n) is 19.6. The van der Waals surface area contributed by atoms with Gasteiger partial charge in [-0.05, 0) is 83.9 Å². The lowest BCUT2D eigenvalue weighted by molar-refractivity contribution is 0.673. The molecule has 13 rings (SSSR count). The number of nitrogens with zero attached hydrogens (tertiary/aromatic N) is 3. The Kier molecular flexibility index (Phi) is 6.57. The third-order valence-corrected chi connectivity index (χ3v) is 13.2. The van der Waals surface area contributed by atoms with Gasteiger partial charge in [0.05, 0.1) is 27.5 Å². The van der Waals surface area contributed by atoms with E-state index >= 15 is 0 Å². The molecule has 0 spiro atoms. The summed E-state index contributed by atoms with van der Waals surface area (Å²) < 4.78 is 14.0. The second-order valence-corrected chi connectivity index (χ2v) is 16.2. The van der Waals surface area contributed by atoms with E-state index in [1.54, 1.807) is 0 Å². The number of aromatic nitrogens is 3. The summed E-state index contributed by atoms with van der Waals surface area (Å²) in [5.41, 5.74) is 13.1. The van der Waals surface area contributed by atoms with Crippen molar-refractivity contribution in [2.75, 3.05) is 0 Å². The summed E-state index contributed by atoms with van der Waals surface area (Å²) >= 11 is 1.89. The number of thiophene rings is 1. The number of pyridine rings is 1. The molecule has 0 bridgehead atoms. The molecule has 0 atom stereocenters. The molecular weight excluding hydrogens is 727 g/mol. The molecule has 0 aliphatic rings. The molecule has 0 radical (unpaired) electrons. The van der Waals surface area contributed by atoms with Crippen molar-refractivity contribution in [3.8, 4) is 33.6 Å². The zero-order valence-electron chi connectivity index (χ0n) is 31.1. The monoisotopic (exact) mass is 757 g/mol. The average molecular weight is 758 g/mol. The van der Waals surface area contributed by atoms with Crippen LogP contribution in [0.25, 0.3) is 119 Å². The fraction of sp³-hybridized carbons (Fsp3) is 0. The number of para-hydroxylation sites is 3. The van der Waals surface area contributed by atoms with Crippen molar-refractivity contribution < 1.29 is 4.42 Å². The van der Waals surface area contributed by atoms with E-state index in [0.29, 0.717) is 0 Å². The molecular formula is C53H31N3OS. The summed E-state index contributed by atoms with van der Waals surface area (Å²) in [6.07, 6.45) is 3.95. The molecule has 0 unspecified atom stereocenters. The Morgan fingerprint density at radius 3 is 1.67 bits per heavy atom. The molecule has 0 saturated heterocycles. The molecule has 0 aliphatic carbocycles. The van der Waals surface area contributed by atoms with Crippen LogP contribution in [0.2, 0.25) is 0 Å². The van der Waals surface area contributed by atoms with Crippen LogP contribution in [0.1, 0.15) is 0 Å². The lowest BCUT2D eigenvalue weighted by atomic mass is 10.0. The Morgan fingerprint density at radius 1 is 0.397 bits per heavy atom. The summed E-state index contributed by atoms with van der Waals surface area (Å²) in [5.74, 6) is 0. The van der Waals surface area contributed by atoms with Crippen molar-refractivity contribution in [2.45, 2.75) is 0 Å². The highest BCUT2D eigenvalue weighted by Crippen LogP contribution is 2.44. The lowest BCUT2D eigenvalue weighted by Gasteiger charge is -2.12.